The van der Waals surface area contributed by atoms with Gasteiger partial charge in [0.1, 0.15) is 11.2 Å². The van der Waals surface area contributed by atoms with Gasteiger partial charge in [-0.3, -0.25) is 14.9 Å². The summed E-state index contributed by atoms with van der Waals surface area (Å²) in [5.41, 5.74) is 3.10. The summed E-state index contributed by atoms with van der Waals surface area (Å²) in [5, 5.41) is 19.8. The molecule has 1 amide bonds. The van der Waals surface area contributed by atoms with Crippen molar-refractivity contribution in [2.24, 2.45) is 0 Å². The second-order valence-corrected chi connectivity index (χ2v) is 6.50. The highest BCUT2D eigenvalue weighted by Crippen LogP contribution is 2.39. The van der Waals surface area contributed by atoms with E-state index in [1.165, 1.54) is 23.5 Å². The number of hydrogen-bond donors (Lipinski definition) is 2. The van der Waals surface area contributed by atoms with Crippen LogP contribution in [0.4, 0.5) is 10.7 Å². The first-order chi connectivity index (χ1) is 12.1. The molecule has 1 aliphatic rings. The zero-order chi connectivity index (χ0) is 17.4. The molecule has 7 heteroatoms. The van der Waals surface area contributed by atoms with Gasteiger partial charge in [-0.25, -0.2) is 0 Å². The Kier molecular flexibility index (Phi) is 3.70. The van der Waals surface area contributed by atoms with Crippen molar-refractivity contribution in [3.05, 3.63) is 81.2 Å². The lowest BCUT2D eigenvalue weighted by Gasteiger charge is -2.26. The fourth-order valence-electron chi connectivity index (χ4n) is 2.87. The SMILES string of the molecule is O=C1NC(c2cccc([N+](=O)[O-])c2)Nc2scc(-c3ccccc3)c21. The zero-order valence-corrected chi connectivity index (χ0v) is 13.7. The van der Waals surface area contributed by atoms with Crippen molar-refractivity contribution in [2.75, 3.05) is 5.32 Å². The van der Waals surface area contributed by atoms with Gasteiger partial charge >= 0.3 is 0 Å². The molecule has 3 aromatic rings. The summed E-state index contributed by atoms with van der Waals surface area (Å²) in [5.74, 6) is -0.189. The number of benzene rings is 2. The largest absolute Gasteiger partial charge is 0.353 e. The Hall–Kier alpha value is -3.19. The normalized spacial score (nSPS) is 15.8. The Morgan fingerprint density at radius 2 is 1.84 bits per heavy atom. The van der Waals surface area contributed by atoms with Crippen molar-refractivity contribution in [1.82, 2.24) is 5.32 Å². The third kappa shape index (κ3) is 2.74. The molecule has 6 nitrogen and oxygen atoms in total. The predicted molar refractivity (Wildman–Crippen MR) is 96.7 cm³/mol. The number of fused-ring (bicyclic) bond motifs is 1. The molecule has 2 aromatic carbocycles. The van der Waals surface area contributed by atoms with Crippen LogP contribution in [0.2, 0.25) is 0 Å². The number of nitro benzene ring substituents is 1. The van der Waals surface area contributed by atoms with E-state index in [-0.39, 0.29) is 11.6 Å². The number of rotatable bonds is 3. The Bertz CT molecular complexity index is 969. The minimum atomic E-state index is -0.498. The molecule has 0 saturated heterocycles. The monoisotopic (exact) mass is 351 g/mol. The average Bonchev–Trinajstić information content (AvgIpc) is 3.07. The lowest BCUT2D eigenvalue weighted by atomic mass is 10.0. The number of carbonyl (C=O) groups excluding carboxylic acids is 1. The van der Waals surface area contributed by atoms with Crippen LogP contribution >= 0.6 is 11.3 Å². The van der Waals surface area contributed by atoms with Gasteiger partial charge in [0.2, 0.25) is 0 Å². The second kappa shape index (κ2) is 6.03. The van der Waals surface area contributed by atoms with E-state index in [4.69, 9.17) is 0 Å². The highest BCUT2D eigenvalue weighted by molar-refractivity contribution is 7.15. The number of carbonyl (C=O) groups is 1. The van der Waals surface area contributed by atoms with E-state index in [2.05, 4.69) is 10.6 Å². The minimum Gasteiger partial charge on any atom is -0.353 e. The number of nitrogens with zero attached hydrogens (tertiary/aromatic N) is 1. The number of hydrogen-bond acceptors (Lipinski definition) is 5. The molecular weight excluding hydrogens is 338 g/mol. The van der Waals surface area contributed by atoms with Crippen LogP contribution in [0, 0.1) is 10.1 Å². The fourth-order valence-corrected chi connectivity index (χ4v) is 3.87. The summed E-state index contributed by atoms with van der Waals surface area (Å²) in [7, 11) is 0. The van der Waals surface area contributed by atoms with Gasteiger partial charge in [0.15, 0.2) is 0 Å². The molecule has 25 heavy (non-hydrogen) atoms. The van der Waals surface area contributed by atoms with Gasteiger partial charge in [-0.15, -0.1) is 11.3 Å². The molecule has 2 heterocycles. The molecule has 0 saturated carbocycles. The number of non-ortho nitro benzene ring substituents is 1. The van der Waals surface area contributed by atoms with Crippen LogP contribution in [0.25, 0.3) is 11.1 Å². The zero-order valence-electron chi connectivity index (χ0n) is 12.9. The molecule has 1 aromatic heterocycles. The first-order valence-electron chi connectivity index (χ1n) is 7.62. The molecule has 1 unspecified atom stereocenters. The summed E-state index contributed by atoms with van der Waals surface area (Å²) in [6.07, 6.45) is -0.498. The maximum Gasteiger partial charge on any atom is 0.269 e. The van der Waals surface area contributed by atoms with Crippen LogP contribution in [0.1, 0.15) is 22.1 Å². The third-order valence-electron chi connectivity index (χ3n) is 4.07. The van der Waals surface area contributed by atoms with Crippen molar-refractivity contribution >= 4 is 27.9 Å². The van der Waals surface area contributed by atoms with Crippen LogP contribution in [-0.4, -0.2) is 10.8 Å². The molecule has 4 rings (SSSR count). The number of amides is 1. The van der Waals surface area contributed by atoms with Crippen molar-refractivity contribution in [2.45, 2.75) is 6.17 Å². The molecule has 0 aliphatic carbocycles. The molecular formula is C18H13N3O3S. The fraction of sp³-hybridized carbons (Fsp3) is 0.0556. The number of anilines is 1. The first-order valence-corrected chi connectivity index (χ1v) is 8.50. The standard InChI is InChI=1S/C18H13N3O3S/c22-17-15-14(11-5-2-1-3-6-11)10-25-18(15)20-16(19-17)12-7-4-8-13(9-12)21(23)24/h1-10,16,20H,(H,19,22). The molecule has 1 aliphatic heterocycles. The van der Waals surface area contributed by atoms with Crippen LogP contribution in [0.15, 0.2) is 60.0 Å². The van der Waals surface area contributed by atoms with Gasteiger partial charge in [-0.05, 0) is 5.56 Å². The van der Waals surface area contributed by atoms with E-state index in [1.807, 2.05) is 35.7 Å². The Balaban J connectivity index is 1.69. The Morgan fingerprint density at radius 3 is 2.60 bits per heavy atom. The first kappa shape index (κ1) is 15.3. The lowest BCUT2D eigenvalue weighted by Crippen LogP contribution is -2.37. The van der Waals surface area contributed by atoms with Gasteiger partial charge in [0.25, 0.3) is 11.6 Å². The lowest BCUT2D eigenvalue weighted by molar-refractivity contribution is -0.384. The van der Waals surface area contributed by atoms with Crippen molar-refractivity contribution in [3.63, 3.8) is 0 Å². The predicted octanol–water partition coefficient (Wildman–Crippen LogP) is 4.18. The Morgan fingerprint density at radius 1 is 1.04 bits per heavy atom. The number of nitrogens with one attached hydrogen (secondary N) is 2. The molecule has 0 radical (unpaired) electrons. The summed E-state index contributed by atoms with van der Waals surface area (Å²) < 4.78 is 0. The average molecular weight is 351 g/mol. The van der Waals surface area contributed by atoms with E-state index in [0.717, 1.165) is 16.1 Å². The molecule has 0 fully saturated rings. The maximum atomic E-state index is 12.7. The number of nitro groups is 1. The summed E-state index contributed by atoms with van der Waals surface area (Å²) in [4.78, 5) is 23.2. The van der Waals surface area contributed by atoms with Gasteiger partial charge < -0.3 is 10.6 Å². The highest BCUT2D eigenvalue weighted by Gasteiger charge is 2.29. The maximum absolute atomic E-state index is 12.7. The molecule has 2 N–H and O–H groups in total. The second-order valence-electron chi connectivity index (χ2n) is 5.62. The summed E-state index contributed by atoms with van der Waals surface area (Å²) in [6.45, 7) is 0. The van der Waals surface area contributed by atoms with Gasteiger partial charge in [0.05, 0.1) is 10.5 Å². The highest BCUT2D eigenvalue weighted by atomic mass is 32.1. The minimum absolute atomic E-state index is 0.00417. The summed E-state index contributed by atoms with van der Waals surface area (Å²) >= 11 is 1.45. The summed E-state index contributed by atoms with van der Waals surface area (Å²) in [6, 6.07) is 16.0. The van der Waals surface area contributed by atoms with E-state index in [1.54, 1.807) is 12.1 Å². The topological polar surface area (TPSA) is 84.3 Å². The van der Waals surface area contributed by atoms with Crippen molar-refractivity contribution < 1.29 is 9.72 Å². The molecule has 0 spiro atoms. The van der Waals surface area contributed by atoms with Crippen LogP contribution in [-0.2, 0) is 0 Å². The van der Waals surface area contributed by atoms with E-state index >= 15 is 0 Å². The molecule has 1 atom stereocenters. The van der Waals surface area contributed by atoms with E-state index in [9.17, 15) is 14.9 Å². The van der Waals surface area contributed by atoms with E-state index < -0.39 is 11.1 Å². The van der Waals surface area contributed by atoms with Crippen LogP contribution in [0.5, 0.6) is 0 Å². The third-order valence-corrected chi connectivity index (χ3v) is 4.98. The van der Waals surface area contributed by atoms with Gasteiger partial charge in [0, 0.05) is 28.6 Å². The quantitative estimate of drug-likeness (QED) is 0.548. The molecule has 0 bridgehead atoms. The van der Waals surface area contributed by atoms with Crippen LogP contribution < -0.4 is 10.6 Å². The van der Waals surface area contributed by atoms with Crippen molar-refractivity contribution in [1.29, 1.82) is 0 Å². The van der Waals surface area contributed by atoms with E-state index in [0.29, 0.717) is 11.1 Å². The van der Waals surface area contributed by atoms with Crippen molar-refractivity contribution in [3.8, 4) is 11.1 Å². The smallest absolute Gasteiger partial charge is 0.269 e. The molecule has 124 valence electrons. The van der Waals surface area contributed by atoms with Gasteiger partial charge in [-0.2, -0.15) is 0 Å². The number of thiophene rings is 1. The van der Waals surface area contributed by atoms with Gasteiger partial charge in [-0.1, -0.05) is 42.5 Å². The van der Waals surface area contributed by atoms with Crippen LogP contribution in [0.3, 0.4) is 0 Å². The Labute approximate surface area is 147 Å².